The van der Waals surface area contributed by atoms with E-state index in [0.717, 1.165) is 24.4 Å². The number of fused-ring (bicyclic) bond motifs is 1. The first-order valence-corrected chi connectivity index (χ1v) is 4.83. The van der Waals surface area contributed by atoms with Gasteiger partial charge in [-0.05, 0) is 13.1 Å². The molecule has 0 saturated carbocycles. The highest BCUT2D eigenvalue weighted by atomic mass is 15.2. The molecule has 4 nitrogen and oxygen atoms in total. The van der Waals surface area contributed by atoms with Crippen LogP contribution in [0.4, 0.5) is 0 Å². The van der Waals surface area contributed by atoms with Gasteiger partial charge < -0.3 is 5.32 Å². The van der Waals surface area contributed by atoms with Gasteiger partial charge in [0.05, 0.1) is 0 Å². The number of hydrogen-bond donors (Lipinski definition) is 1. The second-order valence-electron chi connectivity index (χ2n) is 3.23. The van der Waals surface area contributed by atoms with Crippen molar-refractivity contribution in [2.45, 2.75) is 19.9 Å². The minimum Gasteiger partial charge on any atom is -0.316 e. The van der Waals surface area contributed by atoms with Crippen molar-refractivity contribution < 1.29 is 0 Å². The quantitative estimate of drug-likeness (QED) is 0.785. The standard InChI is InChI=1S/C10H14N4/c1-3-9-12-13-10-8(7-11-2)5-4-6-14(9)10/h4-6,11H,3,7H2,1-2H3. The van der Waals surface area contributed by atoms with Crippen LogP contribution < -0.4 is 5.32 Å². The zero-order valence-electron chi connectivity index (χ0n) is 8.49. The van der Waals surface area contributed by atoms with Crippen LogP contribution >= 0.6 is 0 Å². The van der Waals surface area contributed by atoms with Gasteiger partial charge in [-0.1, -0.05) is 13.0 Å². The first-order valence-electron chi connectivity index (χ1n) is 4.83. The number of pyridine rings is 1. The lowest BCUT2D eigenvalue weighted by molar-refractivity contribution is 0.815. The van der Waals surface area contributed by atoms with Crippen molar-refractivity contribution in [3.63, 3.8) is 0 Å². The highest BCUT2D eigenvalue weighted by Crippen LogP contribution is 2.09. The number of nitrogens with one attached hydrogen (secondary N) is 1. The molecule has 1 N–H and O–H groups in total. The third-order valence-electron chi connectivity index (χ3n) is 2.27. The molecule has 0 atom stereocenters. The lowest BCUT2D eigenvalue weighted by atomic mass is 10.2. The van der Waals surface area contributed by atoms with E-state index in [1.54, 1.807) is 0 Å². The largest absolute Gasteiger partial charge is 0.316 e. The van der Waals surface area contributed by atoms with Crippen molar-refractivity contribution in [3.8, 4) is 0 Å². The Morgan fingerprint density at radius 1 is 1.43 bits per heavy atom. The third kappa shape index (κ3) is 1.37. The van der Waals surface area contributed by atoms with E-state index in [1.165, 1.54) is 5.56 Å². The molecule has 2 aromatic rings. The molecule has 0 unspecified atom stereocenters. The second kappa shape index (κ2) is 3.75. The summed E-state index contributed by atoms with van der Waals surface area (Å²) in [6.07, 6.45) is 2.91. The lowest BCUT2D eigenvalue weighted by Gasteiger charge is -2.02. The smallest absolute Gasteiger partial charge is 0.165 e. The fourth-order valence-electron chi connectivity index (χ4n) is 1.59. The van der Waals surface area contributed by atoms with Crippen LogP contribution in [0.2, 0.25) is 0 Å². The molecule has 2 heterocycles. The summed E-state index contributed by atoms with van der Waals surface area (Å²) in [7, 11) is 1.93. The fourth-order valence-corrected chi connectivity index (χ4v) is 1.59. The molecule has 74 valence electrons. The monoisotopic (exact) mass is 190 g/mol. The lowest BCUT2D eigenvalue weighted by Crippen LogP contribution is -2.06. The van der Waals surface area contributed by atoms with Gasteiger partial charge in [0, 0.05) is 24.7 Å². The van der Waals surface area contributed by atoms with Crippen LogP contribution in [0.15, 0.2) is 18.3 Å². The van der Waals surface area contributed by atoms with Gasteiger partial charge in [-0.3, -0.25) is 4.40 Å². The van der Waals surface area contributed by atoms with Crippen molar-refractivity contribution in [1.29, 1.82) is 0 Å². The zero-order valence-corrected chi connectivity index (χ0v) is 8.49. The molecule has 0 saturated heterocycles. The van der Waals surface area contributed by atoms with Crippen LogP contribution in [0.3, 0.4) is 0 Å². The molecule has 0 amide bonds. The Kier molecular flexibility index (Phi) is 2.45. The normalized spacial score (nSPS) is 11.0. The van der Waals surface area contributed by atoms with Gasteiger partial charge in [0.25, 0.3) is 0 Å². The molecule has 0 aliphatic carbocycles. The highest BCUT2D eigenvalue weighted by Gasteiger charge is 2.06. The van der Waals surface area contributed by atoms with Crippen molar-refractivity contribution in [2.24, 2.45) is 0 Å². The second-order valence-corrected chi connectivity index (χ2v) is 3.23. The van der Waals surface area contributed by atoms with Gasteiger partial charge in [-0.25, -0.2) is 0 Å². The predicted molar refractivity (Wildman–Crippen MR) is 55.1 cm³/mol. The van der Waals surface area contributed by atoms with E-state index in [4.69, 9.17) is 0 Å². The van der Waals surface area contributed by atoms with Crippen LogP contribution in [0.25, 0.3) is 5.65 Å². The van der Waals surface area contributed by atoms with Gasteiger partial charge >= 0.3 is 0 Å². The number of aryl methyl sites for hydroxylation is 1. The van der Waals surface area contributed by atoms with Gasteiger partial charge in [0.2, 0.25) is 0 Å². The molecule has 2 aromatic heterocycles. The molecule has 14 heavy (non-hydrogen) atoms. The molecule has 0 bridgehead atoms. The van der Waals surface area contributed by atoms with E-state index >= 15 is 0 Å². The van der Waals surface area contributed by atoms with Crippen LogP contribution in [0, 0.1) is 0 Å². The van der Waals surface area contributed by atoms with Crippen LogP contribution in [0.5, 0.6) is 0 Å². The Bertz CT molecular complexity index is 433. The maximum Gasteiger partial charge on any atom is 0.165 e. The summed E-state index contributed by atoms with van der Waals surface area (Å²) in [6, 6.07) is 4.10. The van der Waals surface area contributed by atoms with E-state index in [-0.39, 0.29) is 0 Å². The summed E-state index contributed by atoms with van der Waals surface area (Å²) in [4.78, 5) is 0. The third-order valence-corrected chi connectivity index (χ3v) is 2.27. The fraction of sp³-hybridized carbons (Fsp3) is 0.400. The average Bonchev–Trinajstić information content (AvgIpc) is 2.62. The molecule has 2 rings (SSSR count). The van der Waals surface area contributed by atoms with Crippen molar-refractivity contribution in [1.82, 2.24) is 19.9 Å². The number of rotatable bonds is 3. The molecule has 0 aromatic carbocycles. The maximum atomic E-state index is 4.18. The molecular formula is C10H14N4. The van der Waals surface area contributed by atoms with Gasteiger partial charge in [0.1, 0.15) is 5.82 Å². The van der Waals surface area contributed by atoms with E-state index < -0.39 is 0 Å². The Hall–Kier alpha value is -1.42. The maximum absolute atomic E-state index is 4.18. The molecule has 0 aliphatic rings. The topological polar surface area (TPSA) is 42.2 Å². The molecule has 0 aliphatic heterocycles. The Morgan fingerprint density at radius 2 is 2.29 bits per heavy atom. The number of hydrogen-bond acceptors (Lipinski definition) is 3. The SMILES string of the molecule is CCc1nnc2c(CNC)cccn12. The Labute approximate surface area is 83.0 Å². The summed E-state index contributed by atoms with van der Waals surface area (Å²) in [6.45, 7) is 2.91. The summed E-state index contributed by atoms with van der Waals surface area (Å²) < 4.78 is 2.05. The summed E-state index contributed by atoms with van der Waals surface area (Å²) in [5.74, 6) is 1.01. The van der Waals surface area contributed by atoms with Gasteiger partial charge in [-0.2, -0.15) is 0 Å². The predicted octanol–water partition coefficient (Wildman–Crippen LogP) is 1.01. The van der Waals surface area contributed by atoms with Crippen LogP contribution in [-0.2, 0) is 13.0 Å². The Morgan fingerprint density at radius 3 is 3.00 bits per heavy atom. The molecular weight excluding hydrogens is 176 g/mol. The first kappa shape index (κ1) is 9.15. The molecule has 0 fully saturated rings. The van der Waals surface area contributed by atoms with Crippen molar-refractivity contribution in [3.05, 3.63) is 29.7 Å². The number of aromatic nitrogens is 3. The molecule has 4 heteroatoms. The van der Waals surface area contributed by atoms with Crippen molar-refractivity contribution in [2.75, 3.05) is 7.05 Å². The van der Waals surface area contributed by atoms with Crippen LogP contribution in [0.1, 0.15) is 18.3 Å². The van der Waals surface area contributed by atoms with E-state index in [1.807, 2.05) is 23.7 Å². The molecule has 0 spiro atoms. The van der Waals surface area contributed by atoms with E-state index in [2.05, 4.69) is 28.5 Å². The first-order chi connectivity index (χ1) is 6.86. The minimum absolute atomic E-state index is 0.826. The van der Waals surface area contributed by atoms with Gasteiger partial charge in [-0.15, -0.1) is 10.2 Å². The summed E-state index contributed by atoms with van der Waals surface area (Å²) in [5, 5.41) is 11.4. The highest BCUT2D eigenvalue weighted by molar-refractivity contribution is 5.47. The summed E-state index contributed by atoms with van der Waals surface area (Å²) >= 11 is 0. The Balaban J connectivity index is 2.58. The zero-order chi connectivity index (χ0) is 9.97. The van der Waals surface area contributed by atoms with E-state index in [9.17, 15) is 0 Å². The van der Waals surface area contributed by atoms with Crippen molar-refractivity contribution >= 4 is 5.65 Å². The number of nitrogens with zero attached hydrogens (tertiary/aromatic N) is 3. The minimum atomic E-state index is 0.826. The molecule has 0 radical (unpaired) electrons. The van der Waals surface area contributed by atoms with Crippen LogP contribution in [-0.4, -0.2) is 21.6 Å². The van der Waals surface area contributed by atoms with Gasteiger partial charge in [0.15, 0.2) is 5.65 Å². The average molecular weight is 190 g/mol. The van der Waals surface area contributed by atoms with E-state index in [0.29, 0.717) is 0 Å². The summed E-state index contributed by atoms with van der Waals surface area (Å²) in [5.41, 5.74) is 2.14.